The largest absolute Gasteiger partial charge is 0.454 e. The Morgan fingerprint density at radius 2 is 2.00 bits per heavy atom. The molecule has 2 rings (SSSR count). The number of nitrogens with two attached hydrogens (primary N) is 1. The fraction of sp³-hybridized carbons (Fsp3) is 0.214. The van der Waals surface area contributed by atoms with E-state index < -0.39 is 5.82 Å². The molecule has 0 atom stereocenters. The van der Waals surface area contributed by atoms with Crippen molar-refractivity contribution in [2.75, 3.05) is 0 Å². The monoisotopic (exact) mass is 324 g/mol. The number of hydrogen-bond donors (Lipinski definition) is 1. The summed E-state index contributed by atoms with van der Waals surface area (Å²) in [4.78, 5) is 4.32. The van der Waals surface area contributed by atoms with Gasteiger partial charge in [0.1, 0.15) is 5.75 Å². The molecule has 0 saturated carbocycles. The third-order valence-corrected chi connectivity index (χ3v) is 3.23. The van der Waals surface area contributed by atoms with Crippen molar-refractivity contribution in [1.29, 1.82) is 0 Å². The zero-order valence-electron chi connectivity index (χ0n) is 10.7. The number of rotatable bonds is 3. The van der Waals surface area contributed by atoms with E-state index in [0.717, 1.165) is 17.0 Å². The molecule has 0 aliphatic carbocycles. The van der Waals surface area contributed by atoms with Gasteiger partial charge in [0.2, 0.25) is 0 Å². The van der Waals surface area contributed by atoms with Crippen molar-refractivity contribution < 1.29 is 9.13 Å². The molecular weight excluding hydrogens is 311 g/mol. The summed E-state index contributed by atoms with van der Waals surface area (Å²) in [6.07, 6.45) is 0. The van der Waals surface area contributed by atoms with Gasteiger partial charge in [0.25, 0.3) is 0 Å². The van der Waals surface area contributed by atoms with Crippen LogP contribution in [-0.4, -0.2) is 4.98 Å². The summed E-state index contributed by atoms with van der Waals surface area (Å²) in [7, 11) is 0. The summed E-state index contributed by atoms with van der Waals surface area (Å²) < 4.78 is 20.1. The normalized spacial score (nSPS) is 10.6. The minimum Gasteiger partial charge on any atom is -0.454 e. The summed E-state index contributed by atoms with van der Waals surface area (Å²) >= 11 is 3.21. The van der Waals surface area contributed by atoms with E-state index in [-0.39, 0.29) is 5.75 Å². The van der Waals surface area contributed by atoms with Gasteiger partial charge in [-0.2, -0.15) is 0 Å². The summed E-state index contributed by atoms with van der Waals surface area (Å²) in [6.45, 7) is 4.02. The Labute approximate surface area is 119 Å². The fourth-order valence-electron chi connectivity index (χ4n) is 1.84. The van der Waals surface area contributed by atoms with E-state index >= 15 is 0 Å². The highest BCUT2D eigenvalue weighted by atomic mass is 79.9. The highest BCUT2D eigenvalue weighted by Crippen LogP contribution is 2.30. The van der Waals surface area contributed by atoms with Gasteiger partial charge in [-0.15, -0.1) is 0 Å². The Kier molecular flexibility index (Phi) is 4.17. The second-order valence-corrected chi connectivity index (χ2v) is 5.12. The van der Waals surface area contributed by atoms with E-state index in [1.807, 2.05) is 13.8 Å². The van der Waals surface area contributed by atoms with Crippen molar-refractivity contribution in [3.05, 3.63) is 51.5 Å². The van der Waals surface area contributed by atoms with Gasteiger partial charge >= 0.3 is 0 Å². The molecule has 0 spiro atoms. The van der Waals surface area contributed by atoms with Crippen LogP contribution in [0.15, 0.2) is 28.7 Å². The first-order valence-electron chi connectivity index (χ1n) is 5.81. The lowest BCUT2D eigenvalue weighted by Gasteiger charge is -2.13. The maximum Gasteiger partial charge on any atom is 0.166 e. The quantitative estimate of drug-likeness (QED) is 0.932. The van der Waals surface area contributed by atoms with E-state index in [4.69, 9.17) is 10.5 Å². The molecule has 0 bridgehead atoms. The van der Waals surface area contributed by atoms with Crippen molar-refractivity contribution >= 4 is 15.9 Å². The topological polar surface area (TPSA) is 48.1 Å². The number of ether oxygens (including phenoxy) is 1. The number of aromatic nitrogens is 1. The van der Waals surface area contributed by atoms with E-state index in [2.05, 4.69) is 20.9 Å². The van der Waals surface area contributed by atoms with Crippen LogP contribution in [-0.2, 0) is 6.54 Å². The molecule has 5 heteroatoms. The average molecular weight is 325 g/mol. The lowest BCUT2D eigenvalue weighted by Crippen LogP contribution is -2.05. The number of hydrogen-bond acceptors (Lipinski definition) is 3. The zero-order valence-corrected chi connectivity index (χ0v) is 12.3. The Hall–Kier alpha value is -1.46. The van der Waals surface area contributed by atoms with Gasteiger partial charge in [-0.1, -0.05) is 15.9 Å². The molecule has 1 heterocycles. The summed E-state index contributed by atoms with van der Waals surface area (Å²) in [5, 5.41) is 0. The molecule has 0 unspecified atom stereocenters. The predicted molar refractivity (Wildman–Crippen MR) is 75.8 cm³/mol. The van der Waals surface area contributed by atoms with Crippen LogP contribution in [0, 0.1) is 19.7 Å². The van der Waals surface area contributed by atoms with Crippen LogP contribution < -0.4 is 10.5 Å². The Bertz CT molecular complexity index is 617. The highest BCUT2D eigenvalue weighted by Gasteiger charge is 2.12. The zero-order chi connectivity index (χ0) is 14.0. The second kappa shape index (κ2) is 5.67. The molecule has 3 nitrogen and oxygen atoms in total. The van der Waals surface area contributed by atoms with E-state index in [1.165, 1.54) is 6.07 Å². The number of nitrogens with zero attached hydrogens (tertiary/aromatic N) is 1. The second-order valence-electron chi connectivity index (χ2n) is 4.21. The minimum atomic E-state index is -0.426. The Morgan fingerprint density at radius 1 is 1.26 bits per heavy atom. The van der Waals surface area contributed by atoms with Crippen LogP contribution in [0.2, 0.25) is 0 Å². The molecule has 1 aromatic heterocycles. The van der Waals surface area contributed by atoms with Crippen molar-refractivity contribution in [3.8, 4) is 11.5 Å². The summed E-state index contributed by atoms with van der Waals surface area (Å²) in [5.74, 6) is 0.293. The van der Waals surface area contributed by atoms with Gasteiger partial charge in [0.15, 0.2) is 11.6 Å². The van der Waals surface area contributed by atoms with Crippen molar-refractivity contribution in [1.82, 2.24) is 4.98 Å². The number of benzene rings is 1. The van der Waals surface area contributed by atoms with Crippen LogP contribution >= 0.6 is 15.9 Å². The summed E-state index contributed by atoms with van der Waals surface area (Å²) in [5.41, 5.74) is 8.09. The highest BCUT2D eigenvalue weighted by molar-refractivity contribution is 9.10. The molecule has 0 radical (unpaired) electrons. The van der Waals surface area contributed by atoms with Crippen LogP contribution in [0.3, 0.4) is 0 Å². The molecule has 2 N–H and O–H groups in total. The van der Waals surface area contributed by atoms with Crippen molar-refractivity contribution in [2.45, 2.75) is 20.4 Å². The van der Waals surface area contributed by atoms with Crippen LogP contribution in [0.1, 0.15) is 17.0 Å². The lowest BCUT2D eigenvalue weighted by atomic mass is 10.1. The Morgan fingerprint density at radius 3 is 2.63 bits per heavy atom. The maximum absolute atomic E-state index is 13.8. The third kappa shape index (κ3) is 3.11. The van der Waals surface area contributed by atoms with Gasteiger partial charge in [-0.3, -0.25) is 4.98 Å². The smallest absolute Gasteiger partial charge is 0.166 e. The van der Waals surface area contributed by atoms with Gasteiger partial charge < -0.3 is 10.5 Å². The Balaban J connectivity index is 2.42. The van der Waals surface area contributed by atoms with E-state index in [0.29, 0.717) is 16.8 Å². The number of aryl methyl sites for hydroxylation is 2. The molecule has 100 valence electrons. The first-order chi connectivity index (χ1) is 9.01. The minimum absolute atomic E-state index is 0.169. The van der Waals surface area contributed by atoms with Gasteiger partial charge in [-0.25, -0.2) is 4.39 Å². The van der Waals surface area contributed by atoms with Gasteiger partial charge in [-0.05, 0) is 32.0 Å². The van der Waals surface area contributed by atoms with Crippen molar-refractivity contribution in [3.63, 3.8) is 0 Å². The molecule has 0 amide bonds. The lowest BCUT2D eigenvalue weighted by molar-refractivity contribution is 0.436. The molecule has 2 aromatic rings. The molecule has 0 aliphatic rings. The first-order valence-corrected chi connectivity index (χ1v) is 6.60. The first kappa shape index (κ1) is 14.0. The standard InChI is InChI=1S/C14H14BrFN2O/c1-8-5-14(11(7-17)9(2)18-8)19-13-4-3-10(15)6-12(13)16/h3-6H,7,17H2,1-2H3. The summed E-state index contributed by atoms with van der Waals surface area (Å²) in [6, 6.07) is 6.42. The fourth-order valence-corrected chi connectivity index (χ4v) is 2.17. The van der Waals surface area contributed by atoms with Crippen LogP contribution in [0.5, 0.6) is 11.5 Å². The number of halogens is 2. The van der Waals surface area contributed by atoms with Crippen LogP contribution in [0.25, 0.3) is 0 Å². The third-order valence-electron chi connectivity index (χ3n) is 2.74. The molecule has 0 saturated heterocycles. The van der Waals surface area contributed by atoms with Crippen molar-refractivity contribution in [2.24, 2.45) is 5.73 Å². The van der Waals surface area contributed by atoms with Gasteiger partial charge in [0, 0.05) is 34.0 Å². The molecule has 1 aromatic carbocycles. The average Bonchev–Trinajstić information content (AvgIpc) is 2.32. The molecule has 0 fully saturated rings. The maximum atomic E-state index is 13.8. The predicted octanol–water partition coefficient (Wildman–Crippen LogP) is 3.85. The van der Waals surface area contributed by atoms with E-state index in [9.17, 15) is 4.39 Å². The molecule has 19 heavy (non-hydrogen) atoms. The van der Waals surface area contributed by atoms with Crippen LogP contribution in [0.4, 0.5) is 4.39 Å². The van der Waals surface area contributed by atoms with Gasteiger partial charge in [0.05, 0.1) is 0 Å². The SMILES string of the molecule is Cc1cc(Oc2ccc(Br)cc2F)c(CN)c(C)n1. The molecule has 0 aliphatic heterocycles. The van der Waals surface area contributed by atoms with E-state index in [1.54, 1.807) is 18.2 Å². The number of pyridine rings is 1. The molecular formula is C14H14BrFN2O.